The lowest BCUT2D eigenvalue weighted by molar-refractivity contribution is -0.137. The van der Waals surface area contributed by atoms with E-state index < -0.39 is 17.8 Å². The standard InChI is InChI=1S/C23H24F3NO3/c1-5-14(2)22(28)27-10-9-15-12-19(29-3)20(30-4)13-18(15)21(27)16-7-6-8-17(11-16)23(24,25)26/h5-8,11-13,21H,9-10H2,1-4H3/b14-5+/t21-/m0/s1. The number of allylic oxidation sites excluding steroid dienone is 1. The van der Waals surface area contributed by atoms with E-state index in [0.717, 1.165) is 23.3 Å². The van der Waals surface area contributed by atoms with Crippen LogP contribution in [0.2, 0.25) is 0 Å². The molecule has 30 heavy (non-hydrogen) atoms. The lowest BCUT2D eigenvalue weighted by Gasteiger charge is -2.38. The van der Waals surface area contributed by atoms with Gasteiger partial charge in [-0.05, 0) is 61.2 Å². The SMILES string of the molecule is C/C=C(\C)C(=O)N1CCc2cc(OC)c(OC)cc2[C@@H]1c1cccc(C(F)(F)F)c1. The number of benzene rings is 2. The number of halogens is 3. The van der Waals surface area contributed by atoms with E-state index in [1.807, 2.05) is 6.07 Å². The van der Waals surface area contributed by atoms with Crippen molar-refractivity contribution in [1.82, 2.24) is 4.90 Å². The van der Waals surface area contributed by atoms with Crippen molar-refractivity contribution in [2.24, 2.45) is 0 Å². The van der Waals surface area contributed by atoms with E-state index in [2.05, 4.69) is 0 Å². The molecule has 1 heterocycles. The maximum Gasteiger partial charge on any atom is 0.416 e. The normalized spacial score (nSPS) is 16.8. The average Bonchev–Trinajstić information content (AvgIpc) is 2.75. The van der Waals surface area contributed by atoms with Crippen LogP contribution in [0.15, 0.2) is 48.0 Å². The molecule has 0 bridgehead atoms. The highest BCUT2D eigenvalue weighted by Crippen LogP contribution is 2.42. The van der Waals surface area contributed by atoms with Crippen molar-refractivity contribution in [3.8, 4) is 11.5 Å². The molecule has 160 valence electrons. The minimum absolute atomic E-state index is 0.208. The third-order valence-electron chi connectivity index (χ3n) is 5.43. The number of rotatable bonds is 4. The number of fused-ring (bicyclic) bond motifs is 1. The fourth-order valence-corrected chi connectivity index (χ4v) is 3.76. The number of amides is 1. The van der Waals surface area contributed by atoms with E-state index in [1.54, 1.807) is 37.0 Å². The van der Waals surface area contributed by atoms with Crippen LogP contribution >= 0.6 is 0 Å². The minimum Gasteiger partial charge on any atom is -0.493 e. The van der Waals surface area contributed by atoms with Crippen LogP contribution in [0.25, 0.3) is 0 Å². The van der Waals surface area contributed by atoms with Gasteiger partial charge in [0.2, 0.25) is 5.91 Å². The molecular formula is C23H24F3NO3. The first-order valence-corrected chi connectivity index (χ1v) is 9.57. The topological polar surface area (TPSA) is 38.8 Å². The van der Waals surface area contributed by atoms with Gasteiger partial charge in [-0.1, -0.05) is 18.2 Å². The zero-order valence-corrected chi connectivity index (χ0v) is 17.3. The van der Waals surface area contributed by atoms with Crippen LogP contribution in [-0.2, 0) is 17.4 Å². The molecule has 3 rings (SSSR count). The second kappa shape index (κ2) is 8.42. The Balaban J connectivity index is 2.22. The van der Waals surface area contributed by atoms with Gasteiger partial charge in [0.25, 0.3) is 0 Å². The molecule has 0 aliphatic carbocycles. The van der Waals surface area contributed by atoms with Crippen LogP contribution < -0.4 is 9.47 Å². The van der Waals surface area contributed by atoms with Crippen molar-refractivity contribution in [3.63, 3.8) is 0 Å². The summed E-state index contributed by atoms with van der Waals surface area (Å²) in [7, 11) is 3.03. The van der Waals surface area contributed by atoms with Gasteiger partial charge in [0.05, 0.1) is 25.8 Å². The third kappa shape index (κ3) is 4.01. The van der Waals surface area contributed by atoms with Crippen molar-refractivity contribution in [2.75, 3.05) is 20.8 Å². The number of ether oxygens (including phenoxy) is 2. The van der Waals surface area contributed by atoms with Gasteiger partial charge in [0.15, 0.2) is 11.5 Å². The maximum absolute atomic E-state index is 13.4. The quantitative estimate of drug-likeness (QED) is 0.643. The molecule has 0 unspecified atom stereocenters. The summed E-state index contributed by atoms with van der Waals surface area (Å²) in [6.07, 6.45) is -2.21. The van der Waals surface area contributed by atoms with E-state index >= 15 is 0 Å². The van der Waals surface area contributed by atoms with Crippen molar-refractivity contribution >= 4 is 5.91 Å². The number of nitrogens with zero attached hydrogens (tertiary/aromatic N) is 1. The van der Waals surface area contributed by atoms with Gasteiger partial charge in [0.1, 0.15) is 0 Å². The smallest absolute Gasteiger partial charge is 0.416 e. The van der Waals surface area contributed by atoms with Crippen LogP contribution in [0.5, 0.6) is 11.5 Å². The molecule has 0 fully saturated rings. The Kier molecular flexibility index (Phi) is 6.10. The van der Waals surface area contributed by atoms with Crippen LogP contribution in [0, 0.1) is 0 Å². The minimum atomic E-state index is -4.47. The summed E-state index contributed by atoms with van der Waals surface area (Å²) in [5.41, 5.74) is 1.83. The Morgan fingerprint density at radius 3 is 2.40 bits per heavy atom. The van der Waals surface area contributed by atoms with E-state index in [0.29, 0.717) is 35.6 Å². The third-order valence-corrected chi connectivity index (χ3v) is 5.43. The fourth-order valence-electron chi connectivity index (χ4n) is 3.76. The van der Waals surface area contributed by atoms with Crippen LogP contribution in [0.4, 0.5) is 13.2 Å². The van der Waals surface area contributed by atoms with Gasteiger partial charge in [-0.15, -0.1) is 0 Å². The van der Waals surface area contributed by atoms with Gasteiger partial charge in [-0.25, -0.2) is 0 Å². The molecule has 1 aliphatic heterocycles. The monoisotopic (exact) mass is 419 g/mol. The van der Waals surface area contributed by atoms with Crippen LogP contribution in [-0.4, -0.2) is 31.6 Å². The zero-order valence-electron chi connectivity index (χ0n) is 17.3. The lowest BCUT2D eigenvalue weighted by Crippen LogP contribution is -2.41. The first-order chi connectivity index (χ1) is 14.2. The molecular weight excluding hydrogens is 395 g/mol. The van der Waals surface area contributed by atoms with Crippen LogP contribution in [0.3, 0.4) is 0 Å². The summed E-state index contributed by atoms with van der Waals surface area (Å²) in [6, 6.07) is 8.06. The second-order valence-electron chi connectivity index (χ2n) is 7.15. The van der Waals surface area contributed by atoms with Crippen molar-refractivity contribution in [3.05, 3.63) is 70.3 Å². The number of carbonyl (C=O) groups is 1. The Bertz CT molecular complexity index is 982. The molecule has 0 spiro atoms. The fraction of sp³-hybridized carbons (Fsp3) is 0.348. The number of hydrogen-bond acceptors (Lipinski definition) is 3. The highest BCUT2D eigenvalue weighted by atomic mass is 19.4. The van der Waals surface area contributed by atoms with Crippen molar-refractivity contribution < 1.29 is 27.4 Å². The van der Waals surface area contributed by atoms with E-state index in [-0.39, 0.29) is 5.91 Å². The molecule has 1 aliphatic rings. The first kappa shape index (κ1) is 21.7. The second-order valence-corrected chi connectivity index (χ2v) is 7.15. The predicted octanol–water partition coefficient (Wildman–Crippen LogP) is 5.16. The number of hydrogen-bond donors (Lipinski definition) is 0. The van der Waals surface area contributed by atoms with Gasteiger partial charge >= 0.3 is 6.18 Å². The van der Waals surface area contributed by atoms with Gasteiger partial charge in [0, 0.05) is 12.1 Å². The molecule has 4 nitrogen and oxygen atoms in total. The van der Waals surface area contributed by atoms with Crippen LogP contribution in [0.1, 0.15) is 42.1 Å². The number of alkyl halides is 3. The van der Waals surface area contributed by atoms with E-state index in [4.69, 9.17) is 9.47 Å². The largest absolute Gasteiger partial charge is 0.493 e. The molecule has 7 heteroatoms. The van der Waals surface area contributed by atoms with Crippen molar-refractivity contribution in [1.29, 1.82) is 0 Å². The Morgan fingerprint density at radius 2 is 1.80 bits per heavy atom. The zero-order chi connectivity index (χ0) is 22.1. The maximum atomic E-state index is 13.4. The van der Waals surface area contributed by atoms with Gasteiger partial charge in [-0.2, -0.15) is 13.2 Å². The average molecular weight is 419 g/mol. The summed E-state index contributed by atoms with van der Waals surface area (Å²) in [6.45, 7) is 3.85. The highest BCUT2D eigenvalue weighted by molar-refractivity contribution is 5.93. The molecule has 0 saturated carbocycles. The number of carbonyl (C=O) groups excluding carboxylic acids is 1. The summed E-state index contributed by atoms with van der Waals surface area (Å²) in [5.74, 6) is 0.800. The Morgan fingerprint density at radius 1 is 1.13 bits per heavy atom. The van der Waals surface area contributed by atoms with Crippen molar-refractivity contribution in [2.45, 2.75) is 32.5 Å². The molecule has 0 aromatic heterocycles. The first-order valence-electron chi connectivity index (χ1n) is 9.57. The Labute approximate surface area is 173 Å². The molecule has 0 radical (unpaired) electrons. The van der Waals surface area contributed by atoms with E-state index in [1.165, 1.54) is 20.3 Å². The van der Waals surface area contributed by atoms with Gasteiger partial charge in [-0.3, -0.25) is 4.79 Å². The predicted molar refractivity (Wildman–Crippen MR) is 108 cm³/mol. The number of methoxy groups -OCH3 is 2. The molecule has 1 amide bonds. The summed E-state index contributed by atoms with van der Waals surface area (Å²) in [5, 5.41) is 0. The molecule has 2 aromatic carbocycles. The van der Waals surface area contributed by atoms with E-state index in [9.17, 15) is 18.0 Å². The van der Waals surface area contributed by atoms with Gasteiger partial charge < -0.3 is 14.4 Å². The molecule has 2 aromatic rings. The Hall–Kier alpha value is -2.96. The molecule has 0 N–H and O–H groups in total. The lowest BCUT2D eigenvalue weighted by atomic mass is 9.86. The summed E-state index contributed by atoms with van der Waals surface area (Å²) < 4.78 is 50.9. The highest BCUT2D eigenvalue weighted by Gasteiger charge is 2.36. The molecule has 1 atom stereocenters. The summed E-state index contributed by atoms with van der Waals surface area (Å²) in [4.78, 5) is 14.7. The summed E-state index contributed by atoms with van der Waals surface area (Å²) >= 11 is 0. The molecule has 0 saturated heterocycles.